The number of aromatic nitrogens is 2. The fraction of sp³-hybridized carbons (Fsp3) is 0.364. The van der Waals surface area contributed by atoms with Gasteiger partial charge in [-0.25, -0.2) is 9.97 Å². The van der Waals surface area contributed by atoms with Gasteiger partial charge < -0.3 is 20.0 Å². The highest BCUT2D eigenvalue weighted by Crippen LogP contribution is 2.33. The summed E-state index contributed by atoms with van der Waals surface area (Å²) in [6.07, 6.45) is 4.92. The van der Waals surface area contributed by atoms with Gasteiger partial charge in [-0.05, 0) is 80.0 Å². The summed E-state index contributed by atoms with van der Waals surface area (Å²) in [6.45, 7) is 0. The zero-order chi connectivity index (χ0) is 22.8. The standard InChI is InChI=1S/C22H23BrClN5O3/c1-29(2)14-6-3-12(4-7-14)21(30)28-19-18-15(8-9-16(23)26-18)32-20(19)22(31)27-17-10-5-13(24)11-25-17/h5,8-12,14H,3-4,6-7H2,1-2H3,(H,28,30)(H,25,27,31). The van der Waals surface area contributed by atoms with Crippen LogP contribution in [0.25, 0.3) is 11.1 Å². The van der Waals surface area contributed by atoms with E-state index in [1.807, 2.05) is 0 Å². The first-order valence-corrected chi connectivity index (χ1v) is 11.5. The Bertz CT molecular complexity index is 1140. The number of hydrogen-bond donors (Lipinski definition) is 2. The van der Waals surface area contributed by atoms with Gasteiger partial charge in [0.2, 0.25) is 11.7 Å². The molecule has 3 aromatic rings. The van der Waals surface area contributed by atoms with Gasteiger partial charge >= 0.3 is 0 Å². The molecular weight excluding hydrogens is 498 g/mol. The van der Waals surface area contributed by atoms with Crippen molar-refractivity contribution in [1.82, 2.24) is 14.9 Å². The van der Waals surface area contributed by atoms with E-state index in [4.69, 9.17) is 16.0 Å². The van der Waals surface area contributed by atoms with Crippen molar-refractivity contribution in [3.8, 4) is 0 Å². The quantitative estimate of drug-likeness (QED) is 0.462. The van der Waals surface area contributed by atoms with Crippen molar-refractivity contribution in [3.63, 3.8) is 0 Å². The fourth-order valence-electron chi connectivity index (χ4n) is 3.93. The van der Waals surface area contributed by atoms with Crippen LogP contribution in [0.5, 0.6) is 0 Å². The molecule has 0 saturated heterocycles. The molecule has 3 heterocycles. The SMILES string of the molecule is CN(C)C1CCC(C(=O)Nc2c(C(=O)Nc3ccc(Cl)cn3)oc3ccc(Br)nc23)CC1. The van der Waals surface area contributed by atoms with Gasteiger partial charge in [-0.15, -0.1) is 0 Å². The number of fused-ring (bicyclic) bond motifs is 1. The average molecular weight is 521 g/mol. The number of amides is 2. The number of carbonyl (C=O) groups is 2. The number of halogens is 2. The normalized spacial score (nSPS) is 18.7. The predicted octanol–water partition coefficient (Wildman–Crippen LogP) is 4.95. The van der Waals surface area contributed by atoms with E-state index in [0.29, 0.717) is 32.6 Å². The lowest BCUT2D eigenvalue weighted by atomic mass is 9.85. The van der Waals surface area contributed by atoms with Crippen molar-refractivity contribution in [2.45, 2.75) is 31.7 Å². The number of anilines is 2. The molecule has 0 radical (unpaired) electrons. The lowest BCUT2D eigenvalue weighted by molar-refractivity contribution is -0.121. The molecule has 8 nitrogen and oxygen atoms in total. The molecule has 0 atom stereocenters. The van der Waals surface area contributed by atoms with Crippen molar-refractivity contribution in [1.29, 1.82) is 0 Å². The van der Waals surface area contributed by atoms with E-state index in [-0.39, 0.29) is 23.3 Å². The minimum absolute atomic E-state index is 0.0299. The number of carbonyl (C=O) groups excluding carboxylic acids is 2. The molecule has 4 rings (SSSR count). The summed E-state index contributed by atoms with van der Waals surface area (Å²) in [5.41, 5.74) is 1.06. The molecule has 0 spiro atoms. The van der Waals surface area contributed by atoms with Crippen molar-refractivity contribution < 1.29 is 14.0 Å². The highest BCUT2D eigenvalue weighted by molar-refractivity contribution is 9.10. The van der Waals surface area contributed by atoms with Gasteiger partial charge in [-0.1, -0.05) is 11.6 Å². The number of furan rings is 1. The van der Waals surface area contributed by atoms with Crippen LogP contribution < -0.4 is 10.6 Å². The van der Waals surface area contributed by atoms with E-state index < -0.39 is 5.91 Å². The second kappa shape index (κ2) is 9.56. The molecule has 1 fully saturated rings. The van der Waals surface area contributed by atoms with Crippen LogP contribution in [0.2, 0.25) is 5.02 Å². The van der Waals surface area contributed by atoms with E-state index in [1.54, 1.807) is 24.3 Å². The molecule has 2 N–H and O–H groups in total. The largest absolute Gasteiger partial charge is 0.447 e. The van der Waals surface area contributed by atoms with Crippen LogP contribution >= 0.6 is 27.5 Å². The van der Waals surface area contributed by atoms with E-state index in [2.05, 4.69) is 55.5 Å². The average Bonchev–Trinajstić information content (AvgIpc) is 3.13. The van der Waals surface area contributed by atoms with Crippen molar-refractivity contribution in [2.75, 3.05) is 24.7 Å². The van der Waals surface area contributed by atoms with Gasteiger partial charge in [-0.3, -0.25) is 9.59 Å². The van der Waals surface area contributed by atoms with Gasteiger partial charge in [0.05, 0.1) is 5.02 Å². The smallest absolute Gasteiger partial charge is 0.294 e. The Morgan fingerprint density at radius 2 is 1.88 bits per heavy atom. The zero-order valence-corrected chi connectivity index (χ0v) is 20.0. The second-order valence-electron chi connectivity index (χ2n) is 8.06. The van der Waals surface area contributed by atoms with Crippen LogP contribution in [0.4, 0.5) is 11.5 Å². The summed E-state index contributed by atoms with van der Waals surface area (Å²) < 4.78 is 6.35. The Labute approximate surface area is 198 Å². The van der Waals surface area contributed by atoms with Crippen LogP contribution in [-0.4, -0.2) is 46.8 Å². The fourth-order valence-corrected chi connectivity index (χ4v) is 4.35. The van der Waals surface area contributed by atoms with E-state index in [9.17, 15) is 9.59 Å². The third-order valence-electron chi connectivity index (χ3n) is 5.72. The summed E-state index contributed by atoms with van der Waals surface area (Å²) in [6, 6.07) is 7.09. The molecule has 2 amide bonds. The maximum absolute atomic E-state index is 13.1. The van der Waals surface area contributed by atoms with Crippen molar-refractivity contribution in [3.05, 3.63) is 45.8 Å². The number of pyridine rings is 2. The summed E-state index contributed by atoms with van der Waals surface area (Å²) in [4.78, 5) is 36.7. The Morgan fingerprint density at radius 1 is 1.12 bits per heavy atom. The maximum Gasteiger partial charge on any atom is 0.294 e. The summed E-state index contributed by atoms with van der Waals surface area (Å²) in [5, 5.41) is 6.05. The van der Waals surface area contributed by atoms with Crippen LogP contribution in [0.1, 0.15) is 36.2 Å². The summed E-state index contributed by atoms with van der Waals surface area (Å²) >= 11 is 9.20. The Morgan fingerprint density at radius 3 is 2.53 bits per heavy atom. The van der Waals surface area contributed by atoms with Crippen molar-refractivity contribution >= 4 is 62.0 Å². The molecule has 0 bridgehead atoms. The number of hydrogen-bond acceptors (Lipinski definition) is 6. The Kier molecular flexibility index (Phi) is 6.78. The van der Waals surface area contributed by atoms with Crippen LogP contribution in [-0.2, 0) is 4.79 Å². The molecular formula is C22H23BrClN5O3. The lowest BCUT2D eigenvalue weighted by Crippen LogP contribution is -2.35. The predicted molar refractivity (Wildman–Crippen MR) is 127 cm³/mol. The van der Waals surface area contributed by atoms with Gasteiger partial charge in [0, 0.05) is 18.2 Å². The number of nitrogens with one attached hydrogen (secondary N) is 2. The zero-order valence-electron chi connectivity index (χ0n) is 17.7. The molecule has 32 heavy (non-hydrogen) atoms. The Hall–Kier alpha value is -2.49. The molecule has 0 unspecified atom stereocenters. The maximum atomic E-state index is 13.1. The second-order valence-corrected chi connectivity index (χ2v) is 9.31. The van der Waals surface area contributed by atoms with E-state index >= 15 is 0 Å². The first kappa shape index (κ1) is 22.7. The monoisotopic (exact) mass is 519 g/mol. The lowest BCUT2D eigenvalue weighted by Gasteiger charge is -2.31. The third-order valence-corrected chi connectivity index (χ3v) is 6.39. The van der Waals surface area contributed by atoms with Crippen molar-refractivity contribution in [2.24, 2.45) is 5.92 Å². The molecule has 168 valence electrons. The first-order valence-electron chi connectivity index (χ1n) is 10.3. The molecule has 1 saturated carbocycles. The van der Waals surface area contributed by atoms with Gasteiger partial charge in [0.1, 0.15) is 21.6 Å². The molecule has 0 aliphatic heterocycles. The Balaban J connectivity index is 1.59. The molecule has 1 aliphatic carbocycles. The third kappa shape index (κ3) is 4.95. The summed E-state index contributed by atoms with van der Waals surface area (Å²) in [5.74, 6) is -0.519. The first-order chi connectivity index (χ1) is 15.3. The molecule has 10 heteroatoms. The van der Waals surface area contributed by atoms with Crippen LogP contribution in [0, 0.1) is 5.92 Å². The van der Waals surface area contributed by atoms with Crippen LogP contribution in [0.15, 0.2) is 39.5 Å². The molecule has 3 aromatic heterocycles. The van der Waals surface area contributed by atoms with E-state index in [1.165, 1.54) is 6.20 Å². The van der Waals surface area contributed by atoms with E-state index in [0.717, 1.165) is 25.7 Å². The topological polar surface area (TPSA) is 100 Å². The minimum Gasteiger partial charge on any atom is -0.447 e. The highest BCUT2D eigenvalue weighted by atomic mass is 79.9. The number of nitrogens with zero attached hydrogens (tertiary/aromatic N) is 3. The highest BCUT2D eigenvalue weighted by Gasteiger charge is 2.30. The summed E-state index contributed by atoms with van der Waals surface area (Å²) in [7, 11) is 4.12. The van der Waals surface area contributed by atoms with Crippen LogP contribution in [0.3, 0.4) is 0 Å². The number of rotatable bonds is 5. The molecule has 0 aromatic carbocycles. The van der Waals surface area contributed by atoms with Gasteiger partial charge in [-0.2, -0.15) is 0 Å². The minimum atomic E-state index is -0.541. The van der Waals surface area contributed by atoms with Gasteiger partial charge in [0.25, 0.3) is 5.91 Å². The molecule has 1 aliphatic rings. The van der Waals surface area contributed by atoms with Gasteiger partial charge in [0.15, 0.2) is 5.58 Å².